The summed E-state index contributed by atoms with van der Waals surface area (Å²) in [4.78, 5) is 23.4. The molecule has 0 aliphatic heterocycles. The van der Waals surface area contributed by atoms with Crippen LogP contribution in [0.4, 0.5) is 4.79 Å². The van der Waals surface area contributed by atoms with Crippen LogP contribution < -0.4 is 11.2 Å². The number of hydrogen-bond donors (Lipinski definition) is 3. The zero-order valence-corrected chi connectivity index (χ0v) is 11.7. The van der Waals surface area contributed by atoms with Gasteiger partial charge in [0.05, 0.1) is 0 Å². The number of hydrogen-bond acceptors (Lipinski definition) is 5. The molecule has 1 rings (SSSR count). The van der Waals surface area contributed by atoms with Gasteiger partial charge < -0.3 is 10.1 Å². The van der Waals surface area contributed by atoms with Gasteiger partial charge in [0.25, 0.3) is 5.91 Å². The second-order valence-corrected chi connectivity index (χ2v) is 5.91. The Balaban J connectivity index is 2.57. The van der Waals surface area contributed by atoms with Gasteiger partial charge in [-0.25, -0.2) is 10.6 Å². The van der Waals surface area contributed by atoms with Crippen molar-refractivity contribution in [2.24, 2.45) is 11.8 Å². The van der Waals surface area contributed by atoms with Gasteiger partial charge in [-0.15, -0.1) is 0 Å². The Morgan fingerprint density at radius 2 is 2.05 bits per heavy atom. The van der Waals surface area contributed by atoms with E-state index in [2.05, 4.69) is 5.32 Å². The first kappa shape index (κ1) is 15.7. The van der Waals surface area contributed by atoms with Crippen molar-refractivity contribution in [1.29, 1.82) is 0 Å². The number of nitrogens with one attached hydrogen (secondary N) is 1. The molecule has 1 saturated carbocycles. The van der Waals surface area contributed by atoms with Gasteiger partial charge >= 0.3 is 6.09 Å². The number of carbonyl (C=O) groups is 2. The molecule has 1 fully saturated rings. The molecule has 0 radical (unpaired) electrons. The first-order chi connectivity index (χ1) is 8.69. The van der Waals surface area contributed by atoms with Gasteiger partial charge in [-0.3, -0.25) is 10.0 Å². The third kappa shape index (κ3) is 5.44. The highest BCUT2D eigenvalue weighted by Crippen LogP contribution is 2.30. The minimum Gasteiger partial charge on any atom is -0.444 e. The molecule has 1 aliphatic carbocycles. The maximum atomic E-state index is 11.7. The van der Waals surface area contributed by atoms with Crippen LogP contribution in [-0.2, 0) is 9.53 Å². The van der Waals surface area contributed by atoms with E-state index in [0.717, 1.165) is 19.3 Å². The van der Waals surface area contributed by atoms with E-state index in [-0.39, 0.29) is 5.17 Å². The molecular weight excluding hydrogens is 250 g/mol. The molecule has 0 aromatic heterocycles. The fourth-order valence-electron chi connectivity index (χ4n) is 1.89. The zero-order chi connectivity index (χ0) is 14.6. The van der Waals surface area contributed by atoms with Gasteiger partial charge in [0.15, 0.2) is 0 Å². The first-order valence-corrected chi connectivity index (χ1v) is 6.46. The fourth-order valence-corrected chi connectivity index (χ4v) is 1.89. The van der Waals surface area contributed by atoms with Crippen LogP contribution in [0.3, 0.4) is 0 Å². The van der Waals surface area contributed by atoms with E-state index in [0.29, 0.717) is 12.3 Å². The van der Waals surface area contributed by atoms with E-state index in [9.17, 15) is 9.59 Å². The van der Waals surface area contributed by atoms with Crippen LogP contribution in [0.25, 0.3) is 0 Å². The van der Waals surface area contributed by atoms with Crippen LogP contribution in [0.15, 0.2) is 0 Å². The Morgan fingerprint density at radius 1 is 1.47 bits per heavy atom. The van der Waals surface area contributed by atoms with E-state index in [1.54, 1.807) is 20.8 Å². The second kappa shape index (κ2) is 6.21. The highest BCUT2D eigenvalue weighted by molar-refractivity contribution is 5.84. The van der Waals surface area contributed by atoms with E-state index < -0.39 is 23.6 Å². The van der Waals surface area contributed by atoms with Gasteiger partial charge in [0.2, 0.25) is 0 Å². The van der Waals surface area contributed by atoms with Gasteiger partial charge in [-0.1, -0.05) is 19.3 Å². The molecule has 110 valence electrons. The van der Waals surface area contributed by atoms with Crippen molar-refractivity contribution in [2.75, 3.05) is 0 Å². The lowest BCUT2D eigenvalue weighted by molar-refractivity contribution is -0.169. The lowest BCUT2D eigenvalue weighted by atomic mass is 9.81. The summed E-state index contributed by atoms with van der Waals surface area (Å²) in [5.74, 6) is 4.66. The molecule has 7 nitrogen and oxygen atoms in total. The highest BCUT2D eigenvalue weighted by Gasteiger charge is 2.31. The lowest BCUT2D eigenvalue weighted by Crippen LogP contribution is -2.51. The van der Waals surface area contributed by atoms with Crippen molar-refractivity contribution in [3.05, 3.63) is 0 Å². The number of hydrazine groups is 1. The van der Waals surface area contributed by atoms with Crippen molar-refractivity contribution in [2.45, 2.75) is 58.1 Å². The normalized spacial score (nSPS) is 17.3. The van der Waals surface area contributed by atoms with Crippen LogP contribution in [0.1, 0.15) is 46.5 Å². The SMILES string of the molecule is CC(C)(C)OC(=O)NC(CC1CCC1)C(=O)N(N)O. The maximum Gasteiger partial charge on any atom is 0.408 e. The van der Waals surface area contributed by atoms with Crippen molar-refractivity contribution in [1.82, 2.24) is 10.5 Å². The lowest BCUT2D eigenvalue weighted by Gasteiger charge is -2.30. The van der Waals surface area contributed by atoms with Crippen LogP contribution in [0, 0.1) is 5.92 Å². The minimum atomic E-state index is -0.852. The number of amides is 2. The first-order valence-electron chi connectivity index (χ1n) is 6.46. The number of alkyl carbamates (subject to hydrolysis) is 1. The summed E-state index contributed by atoms with van der Waals surface area (Å²) in [6, 6.07) is -0.852. The van der Waals surface area contributed by atoms with Gasteiger partial charge in [0, 0.05) is 0 Å². The molecule has 1 atom stereocenters. The third-order valence-corrected chi connectivity index (χ3v) is 3.01. The average molecular weight is 273 g/mol. The molecular formula is C12H23N3O4. The number of hydroxylamine groups is 1. The summed E-state index contributed by atoms with van der Waals surface area (Å²) in [5.41, 5.74) is -0.643. The van der Waals surface area contributed by atoms with Crippen LogP contribution >= 0.6 is 0 Å². The van der Waals surface area contributed by atoms with Crippen LogP contribution in [0.2, 0.25) is 0 Å². The molecule has 0 heterocycles. The van der Waals surface area contributed by atoms with Gasteiger partial charge in [-0.2, -0.15) is 5.17 Å². The monoisotopic (exact) mass is 273 g/mol. The van der Waals surface area contributed by atoms with Gasteiger partial charge in [-0.05, 0) is 33.1 Å². The van der Waals surface area contributed by atoms with Crippen molar-refractivity contribution >= 4 is 12.0 Å². The number of rotatable bonds is 4. The third-order valence-electron chi connectivity index (χ3n) is 3.01. The number of carbonyl (C=O) groups excluding carboxylic acids is 2. The van der Waals surface area contributed by atoms with Gasteiger partial charge in [0.1, 0.15) is 11.6 Å². The Morgan fingerprint density at radius 3 is 2.42 bits per heavy atom. The smallest absolute Gasteiger partial charge is 0.408 e. The molecule has 1 unspecified atom stereocenters. The molecule has 0 aromatic rings. The molecule has 7 heteroatoms. The topological polar surface area (TPSA) is 105 Å². The molecule has 0 saturated heterocycles. The average Bonchev–Trinajstić information content (AvgIpc) is 2.17. The predicted molar refractivity (Wildman–Crippen MR) is 67.9 cm³/mol. The maximum absolute atomic E-state index is 11.7. The summed E-state index contributed by atoms with van der Waals surface area (Å²) in [7, 11) is 0. The summed E-state index contributed by atoms with van der Waals surface area (Å²) >= 11 is 0. The van der Waals surface area contributed by atoms with E-state index in [4.69, 9.17) is 15.8 Å². The molecule has 0 bridgehead atoms. The Hall–Kier alpha value is -1.34. The van der Waals surface area contributed by atoms with Crippen LogP contribution in [0.5, 0.6) is 0 Å². The Bertz CT molecular complexity index is 334. The molecule has 1 aliphatic rings. The largest absolute Gasteiger partial charge is 0.444 e. The number of nitrogens with two attached hydrogens (primary N) is 1. The van der Waals surface area contributed by atoms with Crippen molar-refractivity contribution < 1.29 is 19.5 Å². The molecule has 19 heavy (non-hydrogen) atoms. The predicted octanol–water partition coefficient (Wildman–Crippen LogP) is 1.16. The highest BCUT2D eigenvalue weighted by atomic mass is 16.6. The minimum absolute atomic E-state index is 0.0146. The summed E-state index contributed by atoms with van der Waals surface area (Å²) in [5, 5.41) is 11.5. The molecule has 0 aromatic carbocycles. The standard InChI is InChI=1S/C12H23N3O4/c1-12(2,3)19-11(17)14-9(10(16)15(13)18)7-8-5-4-6-8/h8-9,18H,4-7,13H2,1-3H3,(H,14,17). The summed E-state index contributed by atoms with van der Waals surface area (Å²) in [6.07, 6.45) is 2.95. The number of nitrogens with zero attached hydrogens (tertiary/aromatic N) is 1. The Kier molecular flexibility index (Phi) is 5.13. The fraction of sp³-hybridized carbons (Fsp3) is 0.833. The molecule has 2 amide bonds. The quantitative estimate of drug-likeness (QED) is 0.308. The Labute approximate surface area is 113 Å². The van der Waals surface area contributed by atoms with E-state index in [1.165, 1.54) is 0 Å². The zero-order valence-electron chi connectivity index (χ0n) is 11.7. The second-order valence-electron chi connectivity index (χ2n) is 5.91. The van der Waals surface area contributed by atoms with E-state index in [1.807, 2.05) is 0 Å². The molecule has 0 spiro atoms. The van der Waals surface area contributed by atoms with Crippen molar-refractivity contribution in [3.63, 3.8) is 0 Å². The van der Waals surface area contributed by atoms with E-state index >= 15 is 0 Å². The van der Waals surface area contributed by atoms with Crippen molar-refractivity contribution in [3.8, 4) is 0 Å². The molecule has 4 N–H and O–H groups in total. The van der Waals surface area contributed by atoms with Crippen LogP contribution in [-0.4, -0.2) is 34.0 Å². The summed E-state index contributed by atoms with van der Waals surface area (Å²) in [6.45, 7) is 5.20. The summed E-state index contributed by atoms with van der Waals surface area (Å²) < 4.78 is 5.09. The number of ether oxygens (including phenoxy) is 1.